The van der Waals surface area contributed by atoms with E-state index in [1.165, 1.54) is 47.5 Å². The summed E-state index contributed by atoms with van der Waals surface area (Å²) in [4.78, 5) is 2.40. The van der Waals surface area contributed by atoms with Crippen LogP contribution in [0, 0.1) is 0 Å². The molecule has 0 saturated carbocycles. The monoisotopic (exact) mass is 370 g/mol. The maximum absolute atomic E-state index is 3.72. The summed E-state index contributed by atoms with van der Waals surface area (Å²) in [6, 6.07) is 28.4. The summed E-state index contributed by atoms with van der Waals surface area (Å²) in [5.74, 6) is 0. The molecule has 1 heterocycles. The molecule has 2 heteroatoms. The molecule has 3 aromatic rings. The molecule has 0 amide bonds. The van der Waals surface area contributed by atoms with Gasteiger partial charge in [0.2, 0.25) is 0 Å². The van der Waals surface area contributed by atoms with E-state index >= 15 is 0 Å². The molecule has 2 nitrogen and oxygen atoms in total. The van der Waals surface area contributed by atoms with E-state index in [2.05, 4.69) is 110 Å². The Bertz CT molecular complexity index is 913. The molecule has 144 valence electrons. The number of para-hydroxylation sites is 3. The first-order valence-corrected chi connectivity index (χ1v) is 10.4. The number of hydrogen-bond acceptors (Lipinski definition) is 2. The van der Waals surface area contributed by atoms with Crippen LogP contribution in [0.15, 0.2) is 78.9 Å². The maximum Gasteiger partial charge on any atom is 0.130 e. The third kappa shape index (κ3) is 3.52. The molecule has 3 aromatic carbocycles. The summed E-state index contributed by atoms with van der Waals surface area (Å²) in [6.07, 6.45) is 3.85. The summed E-state index contributed by atoms with van der Waals surface area (Å²) < 4.78 is 0. The summed E-state index contributed by atoms with van der Waals surface area (Å²) in [6.45, 7) is 6.98. The van der Waals surface area contributed by atoms with Gasteiger partial charge in [-0.3, -0.25) is 0 Å². The molecule has 0 bridgehead atoms. The van der Waals surface area contributed by atoms with Crippen molar-refractivity contribution in [2.45, 2.75) is 51.6 Å². The Hall–Kier alpha value is -2.74. The van der Waals surface area contributed by atoms with Crippen LogP contribution in [0.4, 0.5) is 17.1 Å². The molecule has 1 N–H and O–H groups in total. The molecule has 0 radical (unpaired) electrons. The molecule has 28 heavy (non-hydrogen) atoms. The lowest BCUT2D eigenvalue weighted by atomic mass is 9.80. The number of rotatable bonds is 6. The van der Waals surface area contributed by atoms with Crippen LogP contribution >= 0.6 is 0 Å². The Morgan fingerprint density at radius 1 is 0.857 bits per heavy atom. The van der Waals surface area contributed by atoms with Crippen molar-refractivity contribution >= 4 is 17.1 Å². The predicted molar refractivity (Wildman–Crippen MR) is 120 cm³/mol. The fourth-order valence-corrected chi connectivity index (χ4v) is 4.15. The molecule has 1 atom stereocenters. The summed E-state index contributed by atoms with van der Waals surface area (Å²) in [5.41, 5.74) is 6.55. The van der Waals surface area contributed by atoms with Gasteiger partial charge in [0.25, 0.3) is 0 Å². The van der Waals surface area contributed by atoms with Crippen molar-refractivity contribution in [2.75, 3.05) is 10.2 Å². The van der Waals surface area contributed by atoms with Gasteiger partial charge < -0.3 is 10.2 Å². The fourth-order valence-electron chi connectivity index (χ4n) is 4.15. The Balaban J connectivity index is 1.66. The summed E-state index contributed by atoms with van der Waals surface area (Å²) in [5, 5.41) is 3.72. The smallest absolute Gasteiger partial charge is 0.130 e. The minimum absolute atomic E-state index is 0.104. The Kier molecular flexibility index (Phi) is 5.13. The van der Waals surface area contributed by atoms with Crippen molar-refractivity contribution in [3.63, 3.8) is 0 Å². The summed E-state index contributed by atoms with van der Waals surface area (Å²) >= 11 is 0. The van der Waals surface area contributed by atoms with Crippen LogP contribution in [0.3, 0.4) is 0 Å². The SMILES string of the molecule is CCCCC(C)(C)c1ccc(C2Nc3ccccc3N2c2ccccc2)cc1. The third-order valence-electron chi connectivity index (χ3n) is 5.91. The zero-order valence-corrected chi connectivity index (χ0v) is 17.2. The van der Waals surface area contributed by atoms with Gasteiger partial charge in [0, 0.05) is 5.69 Å². The number of benzene rings is 3. The number of hydrogen-bond donors (Lipinski definition) is 1. The Morgan fingerprint density at radius 2 is 1.54 bits per heavy atom. The van der Waals surface area contributed by atoms with E-state index in [-0.39, 0.29) is 11.6 Å². The highest BCUT2D eigenvalue weighted by Crippen LogP contribution is 2.45. The second-order valence-corrected chi connectivity index (χ2v) is 8.38. The van der Waals surface area contributed by atoms with Gasteiger partial charge >= 0.3 is 0 Å². The second-order valence-electron chi connectivity index (χ2n) is 8.38. The van der Waals surface area contributed by atoms with Crippen LogP contribution in [0.1, 0.15) is 57.3 Å². The number of anilines is 3. The van der Waals surface area contributed by atoms with E-state index in [0.29, 0.717) is 0 Å². The highest BCUT2D eigenvalue weighted by molar-refractivity contribution is 5.83. The normalized spacial score (nSPS) is 16.0. The number of nitrogens with one attached hydrogen (secondary N) is 1. The van der Waals surface area contributed by atoms with Crippen LogP contribution in [-0.2, 0) is 5.41 Å². The van der Waals surface area contributed by atoms with E-state index in [0.717, 1.165) is 0 Å². The lowest BCUT2D eigenvalue weighted by molar-refractivity contribution is 0.457. The van der Waals surface area contributed by atoms with Crippen LogP contribution in [0.2, 0.25) is 0 Å². The quantitative estimate of drug-likeness (QED) is 0.486. The average Bonchev–Trinajstić information content (AvgIpc) is 3.12. The molecule has 0 saturated heterocycles. The van der Waals surface area contributed by atoms with E-state index in [1.807, 2.05) is 0 Å². The second kappa shape index (κ2) is 7.71. The van der Waals surface area contributed by atoms with E-state index in [4.69, 9.17) is 0 Å². The first kappa shape index (κ1) is 18.6. The molecular weight excluding hydrogens is 340 g/mol. The van der Waals surface area contributed by atoms with Gasteiger partial charge in [-0.2, -0.15) is 0 Å². The van der Waals surface area contributed by atoms with E-state index in [9.17, 15) is 0 Å². The summed E-state index contributed by atoms with van der Waals surface area (Å²) in [7, 11) is 0. The van der Waals surface area contributed by atoms with Crippen molar-refractivity contribution in [1.82, 2.24) is 0 Å². The van der Waals surface area contributed by atoms with Crippen molar-refractivity contribution in [2.24, 2.45) is 0 Å². The molecule has 0 aromatic heterocycles. The Labute approximate surface area is 169 Å². The van der Waals surface area contributed by atoms with Crippen LogP contribution in [-0.4, -0.2) is 0 Å². The zero-order chi connectivity index (χ0) is 19.6. The van der Waals surface area contributed by atoms with Gasteiger partial charge in [0.05, 0.1) is 11.4 Å². The highest BCUT2D eigenvalue weighted by Gasteiger charge is 2.31. The third-order valence-corrected chi connectivity index (χ3v) is 5.91. The van der Waals surface area contributed by atoms with Crippen molar-refractivity contribution in [1.29, 1.82) is 0 Å². The number of unbranched alkanes of at least 4 members (excludes halogenated alkanes) is 1. The lowest BCUT2D eigenvalue weighted by Crippen LogP contribution is -2.24. The number of nitrogens with zero attached hydrogens (tertiary/aromatic N) is 1. The van der Waals surface area contributed by atoms with Crippen molar-refractivity contribution in [3.05, 3.63) is 90.0 Å². The number of fused-ring (bicyclic) bond motifs is 1. The topological polar surface area (TPSA) is 15.3 Å². The van der Waals surface area contributed by atoms with E-state index < -0.39 is 0 Å². The Morgan fingerprint density at radius 3 is 2.25 bits per heavy atom. The molecule has 1 aliphatic heterocycles. The zero-order valence-electron chi connectivity index (χ0n) is 17.2. The van der Waals surface area contributed by atoms with Gasteiger partial charge in [-0.25, -0.2) is 0 Å². The van der Waals surface area contributed by atoms with Gasteiger partial charge in [0.1, 0.15) is 6.17 Å². The van der Waals surface area contributed by atoms with Crippen molar-refractivity contribution < 1.29 is 0 Å². The fraction of sp³-hybridized carbons (Fsp3) is 0.308. The van der Waals surface area contributed by atoms with Gasteiger partial charge in [-0.05, 0) is 47.2 Å². The standard InChI is InChI=1S/C26H30N2/c1-4-5-19-26(2,3)21-17-15-20(16-18-21)25-27-23-13-9-10-14-24(23)28(25)22-11-7-6-8-12-22/h6-18,25,27H,4-5,19H2,1-3H3. The predicted octanol–water partition coefficient (Wildman–Crippen LogP) is 7.42. The average molecular weight is 371 g/mol. The molecule has 1 unspecified atom stereocenters. The first-order valence-electron chi connectivity index (χ1n) is 10.4. The largest absolute Gasteiger partial charge is 0.359 e. The molecule has 1 aliphatic rings. The molecular formula is C26H30N2. The van der Waals surface area contributed by atoms with E-state index in [1.54, 1.807) is 0 Å². The molecule has 4 rings (SSSR count). The molecule has 0 aliphatic carbocycles. The maximum atomic E-state index is 3.72. The van der Waals surface area contributed by atoms with Crippen LogP contribution < -0.4 is 10.2 Å². The molecule has 0 fully saturated rings. The minimum atomic E-state index is 0.104. The minimum Gasteiger partial charge on any atom is -0.359 e. The van der Waals surface area contributed by atoms with Gasteiger partial charge in [-0.1, -0.05) is 88.2 Å². The van der Waals surface area contributed by atoms with Crippen LogP contribution in [0.25, 0.3) is 0 Å². The lowest BCUT2D eigenvalue weighted by Gasteiger charge is -2.29. The van der Waals surface area contributed by atoms with Gasteiger partial charge in [0.15, 0.2) is 0 Å². The first-order chi connectivity index (χ1) is 13.6. The van der Waals surface area contributed by atoms with Crippen molar-refractivity contribution in [3.8, 4) is 0 Å². The van der Waals surface area contributed by atoms with Gasteiger partial charge in [-0.15, -0.1) is 0 Å². The van der Waals surface area contributed by atoms with Crippen LogP contribution in [0.5, 0.6) is 0 Å². The molecule has 0 spiro atoms. The highest BCUT2D eigenvalue weighted by atomic mass is 15.3.